The van der Waals surface area contributed by atoms with E-state index in [1.807, 2.05) is 18.1 Å². The Morgan fingerprint density at radius 2 is 1.85 bits per heavy atom. The Labute approximate surface area is 112 Å². The summed E-state index contributed by atoms with van der Waals surface area (Å²) in [4.78, 5) is 4.16. The average Bonchev–Trinajstić information content (AvgIpc) is 2.87. The van der Waals surface area contributed by atoms with Gasteiger partial charge >= 0.3 is 6.18 Å². The minimum Gasteiger partial charge on any atom is -0.273 e. The molecule has 0 bridgehead atoms. The predicted molar refractivity (Wildman–Crippen MR) is 69.1 cm³/mol. The van der Waals surface area contributed by atoms with E-state index in [0.29, 0.717) is 5.56 Å². The lowest BCUT2D eigenvalue weighted by atomic mass is 10.0. The molecule has 1 aromatic carbocycles. The Morgan fingerprint density at radius 1 is 1.05 bits per heavy atom. The van der Waals surface area contributed by atoms with Gasteiger partial charge in [-0.2, -0.15) is 18.3 Å². The van der Waals surface area contributed by atoms with Crippen LogP contribution < -0.4 is 0 Å². The number of aromatic amines is 1. The normalized spacial score (nSPS) is 12.0. The van der Waals surface area contributed by atoms with Gasteiger partial charge < -0.3 is 0 Å². The lowest BCUT2D eigenvalue weighted by Crippen LogP contribution is -2.07. The van der Waals surface area contributed by atoms with Crippen LogP contribution in [0.1, 0.15) is 11.4 Å². The number of nitrogens with one attached hydrogen (secondary N) is 1. The molecule has 0 spiro atoms. The van der Waals surface area contributed by atoms with E-state index in [9.17, 15) is 13.2 Å². The van der Waals surface area contributed by atoms with Crippen LogP contribution in [0.2, 0.25) is 0 Å². The third-order valence-electron chi connectivity index (χ3n) is 3.09. The molecule has 0 unspecified atom stereocenters. The molecule has 102 valence electrons. The van der Waals surface area contributed by atoms with Crippen molar-refractivity contribution in [3.8, 4) is 11.1 Å². The van der Waals surface area contributed by atoms with Crippen molar-refractivity contribution in [1.82, 2.24) is 15.2 Å². The summed E-state index contributed by atoms with van der Waals surface area (Å²) in [6.45, 7) is 1.84. The summed E-state index contributed by atoms with van der Waals surface area (Å²) in [6.07, 6.45) is -1.55. The Kier molecular flexibility index (Phi) is 2.74. The van der Waals surface area contributed by atoms with Crippen molar-refractivity contribution in [3.63, 3.8) is 0 Å². The van der Waals surface area contributed by atoms with Gasteiger partial charge in [0.2, 0.25) is 0 Å². The van der Waals surface area contributed by atoms with E-state index in [2.05, 4.69) is 10.1 Å². The number of aromatic nitrogens is 3. The monoisotopic (exact) mass is 277 g/mol. The Bertz CT molecular complexity index is 775. The summed E-state index contributed by atoms with van der Waals surface area (Å²) in [5.74, 6) is 0. The van der Waals surface area contributed by atoms with Crippen molar-refractivity contribution in [2.45, 2.75) is 13.1 Å². The van der Waals surface area contributed by atoms with Crippen LogP contribution in [0.15, 0.2) is 36.7 Å². The zero-order valence-electron chi connectivity index (χ0n) is 10.5. The molecule has 3 aromatic rings. The number of nitrogens with zero attached hydrogens (tertiary/aromatic N) is 2. The van der Waals surface area contributed by atoms with Crippen molar-refractivity contribution in [2.75, 3.05) is 0 Å². The molecular weight excluding hydrogens is 267 g/mol. The number of benzene rings is 1. The average molecular weight is 277 g/mol. The number of H-pyrrole nitrogens is 1. The van der Waals surface area contributed by atoms with Gasteiger partial charge in [-0.05, 0) is 30.0 Å². The summed E-state index contributed by atoms with van der Waals surface area (Å²) in [5.41, 5.74) is 0.513. The number of pyridine rings is 1. The largest absolute Gasteiger partial charge is 0.433 e. The Hall–Kier alpha value is -2.37. The van der Waals surface area contributed by atoms with Gasteiger partial charge in [0.25, 0.3) is 0 Å². The third kappa shape index (κ3) is 2.13. The second-order valence-electron chi connectivity index (χ2n) is 4.54. The van der Waals surface area contributed by atoms with E-state index in [1.54, 1.807) is 24.4 Å². The van der Waals surface area contributed by atoms with Crippen LogP contribution in [0.5, 0.6) is 0 Å². The van der Waals surface area contributed by atoms with Gasteiger partial charge in [-0.1, -0.05) is 12.1 Å². The first-order valence-electron chi connectivity index (χ1n) is 5.92. The fourth-order valence-electron chi connectivity index (χ4n) is 2.14. The zero-order valence-corrected chi connectivity index (χ0v) is 10.5. The van der Waals surface area contributed by atoms with E-state index in [4.69, 9.17) is 0 Å². The topological polar surface area (TPSA) is 41.6 Å². The van der Waals surface area contributed by atoms with Gasteiger partial charge in [-0.15, -0.1) is 0 Å². The molecule has 0 amide bonds. The zero-order chi connectivity index (χ0) is 14.3. The number of hydrogen-bond acceptors (Lipinski definition) is 2. The summed E-state index contributed by atoms with van der Waals surface area (Å²) < 4.78 is 38.6. The van der Waals surface area contributed by atoms with Crippen LogP contribution >= 0.6 is 0 Å². The van der Waals surface area contributed by atoms with Crippen molar-refractivity contribution in [2.24, 2.45) is 0 Å². The second kappa shape index (κ2) is 4.33. The minimum atomic E-state index is -4.45. The number of aryl methyl sites for hydroxylation is 1. The Morgan fingerprint density at radius 3 is 2.60 bits per heavy atom. The molecular formula is C14H10F3N3. The summed E-state index contributed by atoms with van der Waals surface area (Å²) >= 11 is 0. The maximum atomic E-state index is 12.9. The molecule has 0 saturated carbocycles. The molecule has 2 aromatic heterocycles. The van der Waals surface area contributed by atoms with E-state index < -0.39 is 11.9 Å². The number of alkyl halides is 3. The molecule has 1 N–H and O–H groups in total. The maximum absolute atomic E-state index is 12.9. The van der Waals surface area contributed by atoms with Crippen LogP contribution in [0.25, 0.3) is 21.9 Å². The van der Waals surface area contributed by atoms with Gasteiger partial charge in [0.15, 0.2) is 0 Å². The van der Waals surface area contributed by atoms with Gasteiger partial charge in [0.1, 0.15) is 5.69 Å². The fraction of sp³-hybridized carbons (Fsp3) is 0.143. The quantitative estimate of drug-likeness (QED) is 0.731. The lowest BCUT2D eigenvalue weighted by molar-refractivity contribution is -0.140. The van der Waals surface area contributed by atoms with Gasteiger partial charge in [-0.3, -0.25) is 10.1 Å². The summed E-state index contributed by atoms with van der Waals surface area (Å²) in [6, 6.07) is 6.94. The van der Waals surface area contributed by atoms with Crippen LogP contribution in [0, 0.1) is 6.92 Å². The molecule has 0 aliphatic carbocycles. The van der Waals surface area contributed by atoms with Crippen molar-refractivity contribution in [1.29, 1.82) is 0 Å². The SMILES string of the molecule is Cc1cc2cc(-c3cn[nH]c3C(F)(F)F)ccc2cn1. The van der Waals surface area contributed by atoms with Crippen LogP contribution in [-0.4, -0.2) is 15.2 Å². The summed E-state index contributed by atoms with van der Waals surface area (Å²) in [5, 5.41) is 7.26. The number of rotatable bonds is 1. The highest BCUT2D eigenvalue weighted by molar-refractivity contribution is 5.87. The van der Waals surface area contributed by atoms with Gasteiger partial charge in [0.05, 0.1) is 6.20 Å². The van der Waals surface area contributed by atoms with Crippen LogP contribution in [0.4, 0.5) is 13.2 Å². The van der Waals surface area contributed by atoms with Crippen LogP contribution in [-0.2, 0) is 6.18 Å². The molecule has 0 saturated heterocycles. The lowest BCUT2D eigenvalue weighted by Gasteiger charge is -2.08. The fourth-order valence-corrected chi connectivity index (χ4v) is 2.14. The first-order valence-corrected chi connectivity index (χ1v) is 5.92. The number of hydrogen-bond donors (Lipinski definition) is 1. The van der Waals surface area contributed by atoms with Crippen molar-refractivity contribution in [3.05, 3.63) is 48.0 Å². The highest BCUT2D eigenvalue weighted by Crippen LogP contribution is 2.36. The molecule has 3 nitrogen and oxygen atoms in total. The molecule has 3 rings (SSSR count). The highest BCUT2D eigenvalue weighted by Gasteiger charge is 2.35. The van der Waals surface area contributed by atoms with Crippen LogP contribution in [0.3, 0.4) is 0 Å². The smallest absolute Gasteiger partial charge is 0.273 e. The van der Waals surface area contributed by atoms with E-state index in [1.165, 1.54) is 6.20 Å². The molecule has 0 aliphatic rings. The first kappa shape index (κ1) is 12.7. The molecule has 0 fully saturated rings. The molecule has 2 heterocycles. The highest BCUT2D eigenvalue weighted by atomic mass is 19.4. The molecule has 20 heavy (non-hydrogen) atoms. The first-order chi connectivity index (χ1) is 9.45. The Balaban J connectivity index is 2.18. The number of fused-ring (bicyclic) bond motifs is 1. The van der Waals surface area contributed by atoms with E-state index in [-0.39, 0.29) is 5.56 Å². The second-order valence-corrected chi connectivity index (χ2v) is 4.54. The number of halogens is 3. The molecule has 0 atom stereocenters. The van der Waals surface area contributed by atoms with Gasteiger partial charge in [0, 0.05) is 22.8 Å². The predicted octanol–water partition coefficient (Wildman–Crippen LogP) is 3.95. The maximum Gasteiger partial charge on any atom is 0.433 e. The molecule has 0 aliphatic heterocycles. The summed E-state index contributed by atoms with van der Waals surface area (Å²) in [7, 11) is 0. The molecule has 0 radical (unpaired) electrons. The molecule has 6 heteroatoms. The third-order valence-corrected chi connectivity index (χ3v) is 3.09. The van der Waals surface area contributed by atoms with E-state index in [0.717, 1.165) is 16.5 Å². The van der Waals surface area contributed by atoms with Crippen molar-refractivity contribution < 1.29 is 13.2 Å². The standard InChI is InChI=1S/C14H10F3N3/c1-8-4-11-5-9(2-3-10(11)6-18-8)12-7-19-20-13(12)14(15,16)17/h2-7H,1H3,(H,19,20). The van der Waals surface area contributed by atoms with E-state index >= 15 is 0 Å². The van der Waals surface area contributed by atoms with Gasteiger partial charge in [-0.25, -0.2) is 0 Å². The minimum absolute atomic E-state index is 0.0499. The van der Waals surface area contributed by atoms with Crippen molar-refractivity contribution >= 4 is 10.8 Å².